The van der Waals surface area contributed by atoms with Crippen molar-refractivity contribution in [3.63, 3.8) is 0 Å². The van der Waals surface area contributed by atoms with Crippen molar-refractivity contribution in [3.05, 3.63) is 10.6 Å². The molecule has 98 valence electrons. The zero-order valence-corrected chi connectivity index (χ0v) is 11.9. The average Bonchev–Trinajstić information content (AvgIpc) is 2.88. The van der Waals surface area contributed by atoms with Gasteiger partial charge in [-0.2, -0.15) is 11.8 Å². The molecule has 0 saturated carbocycles. The maximum Gasteiger partial charge on any atom is 0.312 e. The molecule has 2 aliphatic rings. The molecule has 1 saturated heterocycles. The van der Waals surface area contributed by atoms with Gasteiger partial charge in [-0.25, -0.2) is 4.98 Å². The zero-order valence-electron chi connectivity index (χ0n) is 10.3. The maximum atomic E-state index is 11.2. The lowest BCUT2D eigenvalue weighted by Gasteiger charge is -2.32. The van der Waals surface area contributed by atoms with E-state index in [0.717, 1.165) is 41.7 Å². The first kappa shape index (κ1) is 12.3. The average molecular weight is 284 g/mol. The van der Waals surface area contributed by atoms with Gasteiger partial charge >= 0.3 is 5.97 Å². The van der Waals surface area contributed by atoms with Crippen LogP contribution in [-0.4, -0.2) is 40.2 Å². The highest BCUT2D eigenvalue weighted by molar-refractivity contribution is 7.99. The number of hydrogen-bond donors (Lipinski definition) is 1. The van der Waals surface area contributed by atoms with E-state index in [1.54, 1.807) is 11.3 Å². The zero-order chi connectivity index (χ0) is 12.7. The van der Waals surface area contributed by atoms with Gasteiger partial charge in [-0.15, -0.1) is 11.3 Å². The van der Waals surface area contributed by atoms with Crippen LogP contribution < -0.4 is 4.90 Å². The van der Waals surface area contributed by atoms with Gasteiger partial charge in [-0.3, -0.25) is 4.79 Å². The van der Waals surface area contributed by atoms with E-state index < -0.39 is 5.97 Å². The van der Waals surface area contributed by atoms with Gasteiger partial charge in [0.1, 0.15) is 5.92 Å². The molecular formula is C12H16N2O2S2. The summed E-state index contributed by atoms with van der Waals surface area (Å²) >= 11 is 3.67. The summed E-state index contributed by atoms with van der Waals surface area (Å²) in [7, 11) is 0. The van der Waals surface area contributed by atoms with Gasteiger partial charge in [0.15, 0.2) is 5.13 Å². The van der Waals surface area contributed by atoms with E-state index in [0.29, 0.717) is 6.04 Å². The molecule has 1 aromatic heterocycles. The van der Waals surface area contributed by atoms with Crippen molar-refractivity contribution in [2.45, 2.75) is 31.7 Å². The van der Waals surface area contributed by atoms with E-state index in [2.05, 4.69) is 16.8 Å². The van der Waals surface area contributed by atoms with Gasteiger partial charge in [0.05, 0.1) is 5.69 Å². The van der Waals surface area contributed by atoms with Crippen LogP contribution in [0.15, 0.2) is 0 Å². The summed E-state index contributed by atoms with van der Waals surface area (Å²) in [6.07, 6.45) is 1.59. The number of thioether (sulfide) groups is 1. The standard InChI is InChI=1S/C12H16N2O2S2/c1-7-6-17-5-4-14(7)12-13-10-8(11(15)16)2-3-9(10)18-12/h7-8H,2-6H2,1H3,(H,15,16). The van der Waals surface area contributed by atoms with Crippen molar-refractivity contribution in [2.24, 2.45) is 0 Å². The summed E-state index contributed by atoms with van der Waals surface area (Å²) in [6.45, 7) is 3.24. The molecule has 0 bridgehead atoms. The normalized spacial score (nSPS) is 27.3. The number of rotatable bonds is 2. The molecule has 1 aliphatic carbocycles. The fourth-order valence-corrected chi connectivity index (χ4v) is 4.87. The number of aliphatic carboxylic acids is 1. The molecule has 1 aromatic rings. The molecule has 2 unspecified atom stereocenters. The maximum absolute atomic E-state index is 11.2. The Kier molecular flexibility index (Phi) is 3.23. The number of carboxylic acids is 1. The Morgan fingerprint density at radius 2 is 2.39 bits per heavy atom. The van der Waals surface area contributed by atoms with Gasteiger partial charge in [-0.05, 0) is 19.8 Å². The molecule has 2 atom stereocenters. The number of hydrogen-bond acceptors (Lipinski definition) is 5. The van der Waals surface area contributed by atoms with Crippen LogP contribution in [0, 0.1) is 0 Å². The number of fused-ring (bicyclic) bond motifs is 1. The molecule has 1 fully saturated rings. The van der Waals surface area contributed by atoms with Crippen LogP contribution in [-0.2, 0) is 11.2 Å². The topological polar surface area (TPSA) is 53.4 Å². The third-order valence-corrected chi connectivity index (χ3v) is 5.98. The molecule has 4 nitrogen and oxygen atoms in total. The first-order chi connectivity index (χ1) is 8.66. The summed E-state index contributed by atoms with van der Waals surface area (Å²) in [5.74, 6) is 1.16. The quantitative estimate of drug-likeness (QED) is 0.902. The SMILES string of the molecule is CC1CSCCN1c1nc2c(s1)CCC2C(=O)O. The van der Waals surface area contributed by atoms with Crippen LogP contribution in [0.3, 0.4) is 0 Å². The summed E-state index contributed by atoms with van der Waals surface area (Å²) in [4.78, 5) is 19.3. The minimum absolute atomic E-state index is 0.375. The Balaban J connectivity index is 1.87. The molecule has 18 heavy (non-hydrogen) atoms. The van der Waals surface area contributed by atoms with E-state index in [1.807, 2.05) is 11.8 Å². The highest BCUT2D eigenvalue weighted by Crippen LogP contribution is 2.40. The van der Waals surface area contributed by atoms with Crippen molar-refractivity contribution in [3.8, 4) is 0 Å². The number of nitrogens with zero attached hydrogens (tertiary/aromatic N) is 2. The van der Waals surface area contributed by atoms with Crippen molar-refractivity contribution in [1.82, 2.24) is 4.98 Å². The fourth-order valence-electron chi connectivity index (χ4n) is 2.59. The number of carbonyl (C=O) groups is 1. The molecule has 1 N–H and O–H groups in total. The van der Waals surface area contributed by atoms with E-state index >= 15 is 0 Å². The smallest absolute Gasteiger partial charge is 0.312 e. The highest BCUT2D eigenvalue weighted by Gasteiger charge is 2.34. The minimum atomic E-state index is -0.729. The Hall–Kier alpha value is -0.750. The fraction of sp³-hybridized carbons (Fsp3) is 0.667. The van der Waals surface area contributed by atoms with Crippen molar-refractivity contribution in [1.29, 1.82) is 0 Å². The third kappa shape index (κ3) is 2.01. The Labute approximate surface area is 114 Å². The number of carboxylic acid groups (broad SMARTS) is 1. The predicted octanol–water partition coefficient (Wildman–Crippen LogP) is 2.20. The second kappa shape index (κ2) is 4.74. The lowest BCUT2D eigenvalue weighted by Crippen LogP contribution is -2.40. The van der Waals surface area contributed by atoms with Gasteiger partial charge in [0, 0.05) is 29.0 Å². The predicted molar refractivity (Wildman–Crippen MR) is 74.9 cm³/mol. The number of aromatic nitrogens is 1. The van der Waals surface area contributed by atoms with Crippen LogP contribution >= 0.6 is 23.1 Å². The largest absolute Gasteiger partial charge is 0.481 e. The molecule has 0 spiro atoms. The second-order valence-electron chi connectivity index (χ2n) is 4.85. The molecule has 0 radical (unpaired) electrons. The third-order valence-electron chi connectivity index (χ3n) is 3.62. The molecule has 3 rings (SSSR count). The van der Waals surface area contributed by atoms with Crippen LogP contribution in [0.25, 0.3) is 0 Å². The monoisotopic (exact) mass is 284 g/mol. The van der Waals surface area contributed by atoms with Crippen molar-refractivity contribution < 1.29 is 9.90 Å². The lowest BCUT2D eigenvalue weighted by molar-refractivity contribution is -0.138. The van der Waals surface area contributed by atoms with Crippen molar-refractivity contribution >= 4 is 34.2 Å². The van der Waals surface area contributed by atoms with Gasteiger partial charge < -0.3 is 10.0 Å². The Morgan fingerprint density at radius 1 is 1.56 bits per heavy atom. The highest BCUT2D eigenvalue weighted by atomic mass is 32.2. The molecule has 6 heteroatoms. The van der Waals surface area contributed by atoms with Crippen molar-refractivity contribution in [2.75, 3.05) is 23.0 Å². The van der Waals surface area contributed by atoms with Gasteiger partial charge in [0.2, 0.25) is 0 Å². The van der Waals surface area contributed by atoms with Crippen LogP contribution in [0.4, 0.5) is 5.13 Å². The van der Waals surface area contributed by atoms with Gasteiger partial charge in [0.25, 0.3) is 0 Å². The van der Waals surface area contributed by atoms with E-state index in [4.69, 9.17) is 0 Å². The van der Waals surface area contributed by atoms with Crippen LogP contribution in [0.2, 0.25) is 0 Å². The Bertz CT molecular complexity index is 475. The number of aryl methyl sites for hydroxylation is 1. The Morgan fingerprint density at radius 3 is 3.11 bits per heavy atom. The van der Waals surface area contributed by atoms with E-state index in [1.165, 1.54) is 4.88 Å². The minimum Gasteiger partial charge on any atom is -0.481 e. The molecule has 0 amide bonds. The molecule has 0 aromatic carbocycles. The van der Waals surface area contributed by atoms with E-state index in [-0.39, 0.29) is 5.92 Å². The van der Waals surface area contributed by atoms with E-state index in [9.17, 15) is 9.90 Å². The van der Waals surface area contributed by atoms with Gasteiger partial charge in [-0.1, -0.05) is 0 Å². The second-order valence-corrected chi connectivity index (χ2v) is 7.06. The molecule has 2 heterocycles. The summed E-state index contributed by atoms with van der Waals surface area (Å²) < 4.78 is 0. The molecule has 1 aliphatic heterocycles. The summed E-state index contributed by atoms with van der Waals surface area (Å²) in [5, 5.41) is 10.2. The first-order valence-corrected chi connectivity index (χ1v) is 8.20. The van der Waals surface area contributed by atoms with Crippen LogP contribution in [0.1, 0.15) is 29.8 Å². The summed E-state index contributed by atoms with van der Waals surface area (Å²) in [5.41, 5.74) is 0.827. The number of thiazole rings is 1. The molecular weight excluding hydrogens is 268 g/mol. The van der Waals surface area contributed by atoms with Crippen LogP contribution in [0.5, 0.6) is 0 Å². The number of anilines is 1. The lowest BCUT2D eigenvalue weighted by atomic mass is 10.1. The summed E-state index contributed by atoms with van der Waals surface area (Å²) in [6, 6.07) is 0.498. The first-order valence-electron chi connectivity index (χ1n) is 6.23.